The zero-order valence-corrected chi connectivity index (χ0v) is 9.31. The van der Waals surface area contributed by atoms with Gasteiger partial charge >= 0.3 is 0 Å². The van der Waals surface area contributed by atoms with Crippen molar-refractivity contribution in [3.8, 4) is 0 Å². The molecule has 5 nitrogen and oxygen atoms in total. The Morgan fingerprint density at radius 2 is 2.33 bits per heavy atom. The minimum Gasteiger partial charge on any atom is -0.281 e. The summed E-state index contributed by atoms with van der Waals surface area (Å²) in [5.41, 5.74) is 0.732. The van der Waals surface area contributed by atoms with E-state index in [4.69, 9.17) is 0 Å². The van der Waals surface area contributed by atoms with Crippen LogP contribution in [-0.4, -0.2) is 18.6 Å². The first-order valence-electron chi connectivity index (χ1n) is 4.20. The summed E-state index contributed by atoms with van der Waals surface area (Å²) in [5, 5.41) is 8.14. The molecule has 0 aliphatic rings. The predicted molar refractivity (Wildman–Crippen MR) is 56.9 cm³/mol. The van der Waals surface area contributed by atoms with Crippen LogP contribution in [0.4, 0.5) is 0 Å². The minimum atomic E-state index is -3.37. The van der Waals surface area contributed by atoms with E-state index in [-0.39, 0.29) is 6.54 Å². The van der Waals surface area contributed by atoms with E-state index in [9.17, 15) is 8.42 Å². The Morgan fingerprint density at radius 1 is 1.47 bits per heavy atom. The first kappa shape index (κ1) is 10.3. The van der Waals surface area contributed by atoms with Gasteiger partial charge in [0, 0.05) is 6.20 Å². The summed E-state index contributed by atoms with van der Waals surface area (Å²) in [5.74, 6) is 0. The molecule has 0 aliphatic carbocycles. The van der Waals surface area contributed by atoms with Crippen molar-refractivity contribution in [1.82, 2.24) is 14.9 Å². The van der Waals surface area contributed by atoms with Crippen molar-refractivity contribution < 1.29 is 8.42 Å². The molecule has 0 aromatic carbocycles. The highest BCUT2D eigenvalue weighted by Crippen LogP contribution is 2.15. The fourth-order valence-electron chi connectivity index (χ4n) is 1.04. The van der Waals surface area contributed by atoms with E-state index < -0.39 is 10.0 Å². The average Bonchev–Trinajstić information content (AvgIpc) is 2.88. The molecule has 7 heteroatoms. The molecule has 2 heterocycles. The van der Waals surface area contributed by atoms with Crippen LogP contribution in [0.1, 0.15) is 5.69 Å². The lowest BCUT2D eigenvalue weighted by atomic mass is 10.4. The maximum atomic E-state index is 11.7. The molecule has 2 aromatic heterocycles. The average molecular weight is 243 g/mol. The molecule has 0 saturated carbocycles. The summed E-state index contributed by atoms with van der Waals surface area (Å²) in [4.78, 5) is 0. The molecule has 0 atom stereocenters. The molecule has 0 saturated heterocycles. The predicted octanol–water partition coefficient (Wildman–Crippen LogP) is 0.950. The van der Waals surface area contributed by atoms with Gasteiger partial charge in [-0.15, -0.1) is 11.3 Å². The number of rotatable bonds is 4. The summed E-state index contributed by atoms with van der Waals surface area (Å²) >= 11 is 1.19. The van der Waals surface area contributed by atoms with Crippen molar-refractivity contribution in [1.29, 1.82) is 0 Å². The van der Waals surface area contributed by atoms with Crippen molar-refractivity contribution in [3.05, 3.63) is 35.5 Å². The van der Waals surface area contributed by atoms with Gasteiger partial charge in [-0.3, -0.25) is 5.10 Å². The fraction of sp³-hybridized carbons (Fsp3) is 0.125. The Hall–Kier alpha value is -1.18. The van der Waals surface area contributed by atoms with Crippen LogP contribution >= 0.6 is 11.3 Å². The molecule has 2 rings (SSSR count). The SMILES string of the molecule is O=S(=O)(NCc1ccn[nH]1)c1cccs1. The van der Waals surface area contributed by atoms with Gasteiger partial charge in [-0.05, 0) is 17.5 Å². The molecule has 0 spiro atoms. The zero-order chi connectivity index (χ0) is 10.7. The van der Waals surface area contributed by atoms with Crippen LogP contribution in [0, 0.1) is 0 Å². The van der Waals surface area contributed by atoms with Crippen molar-refractivity contribution in [2.45, 2.75) is 10.8 Å². The monoisotopic (exact) mass is 243 g/mol. The number of hydrogen-bond donors (Lipinski definition) is 2. The molecule has 0 aliphatic heterocycles. The van der Waals surface area contributed by atoms with Crippen LogP contribution in [-0.2, 0) is 16.6 Å². The number of nitrogens with zero attached hydrogens (tertiary/aromatic N) is 1. The van der Waals surface area contributed by atoms with Crippen molar-refractivity contribution in [3.63, 3.8) is 0 Å². The molecule has 2 N–H and O–H groups in total. The highest BCUT2D eigenvalue weighted by atomic mass is 32.2. The van der Waals surface area contributed by atoms with Gasteiger partial charge in [0.05, 0.1) is 12.2 Å². The van der Waals surface area contributed by atoms with Crippen molar-refractivity contribution in [2.75, 3.05) is 0 Å². The topological polar surface area (TPSA) is 74.8 Å². The van der Waals surface area contributed by atoms with E-state index in [1.165, 1.54) is 11.3 Å². The maximum absolute atomic E-state index is 11.7. The standard InChI is InChI=1S/C8H9N3O2S2/c12-15(13,8-2-1-5-14-8)10-6-7-3-4-9-11-7/h1-5,10H,6H2,(H,9,11). The third-order valence-electron chi connectivity index (χ3n) is 1.77. The summed E-state index contributed by atoms with van der Waals surface area (Å²) in [6.45, 7) is 0.222. The molecule has 2 aromatic rings. The second-order valence-electron chi connectivity index (χ2n) is 2.84. The summed E-state index contributed by atoms with van der Waals surface area (Å²) in [7, 11) is -3.37. The quantitative estimate of drug-likeness (QED) is 0.839. The van der Waals surface area contributed by atoms with E-state index in [0.29, 0.717) is 4.21 Å². The van der Waals surface area contributed by atoms with Crippen LogP contribution in [0.15, 0.2) is 34.0 Å². The van der Waals surface area contributed by atoms with Crippen LogP contribution in [0.3, 0.4) is 0 Å². The molecular formula is C8H9N3O2S2. The fourth-order valence-corrected chi connectivity index (χ4v) is 3.09. The number of aromatic nitrogens is 2. The second kappa shape index (κ2) is 4.13. The first-order chi connectivity index (χ1) is 7.18. The van der Waals surface area contributed by atoms with Crippen molar-refractivity contribution >= 4 is 21.4 Å². The Labute approximate surface area is 91.2 Å². The molecule has 0 fully saturated rings. The summed E-state index contributed by atoms with van der Waals surface area (Å²) in [6.07, 6.45) is 1.58. The van der Waals surface area contributed by atoms with Crippen LogP contribution < -0.4 is 4.72 Å². The number of H-pyrrole nitrogens is 1. The van der Waals surface area contributed by atoms with Gasteiger partial charge in [0.25, 0.3) is 0 Å². The zero-order valence-electron chi connectivity index (χ0n) is 7.67. The molecule has 0 radical (unpaired) electrons. The van der Waals surface area contributed by atoms with E-state index in [1.54, 1.807) is 29.8 Å². The van der Waals surface area contributed by atoms with Gasteiger partial charge in [0.1, 0.15) is 4.21 Å². The third kappa shape index (κ3) is 2.44. The van der Waals surface area contributed by atoms with E-state index in [0.717, 1.165) is 5.69 Å². The Balaban J connectivity index is 2.06. The summed E-state index contributed by atoms with van der Waals surface area (Å²) in [6, 6.07) is 4.99. The van der Waals surface area contributed by atoms with Crippen LogP contribution in [0.5, 0.6) is 0 Å². The molecular weight excluding hydrogens is 234 g/mol. The number of hydrogen-bond acceptors (Lipinski definition) is 4. The highest BCUT2D eigenvalue weighted by Gasteiger charge is 2.14. The molecule has 0 unspecified atom stereocenters. The van der Waals surface area contributed by atoms with Gasteiger partial charge in [-0.1, -0.05) is 6.07 Å². The lowest BCUT2D eigenvalue weighted by Crippen LogP contribution is -2.22. The second-order valence-corrected chi connectivity index (χ2v) is 5.78. The number of aromatic amines is 1. The maximum Gasteiger partial charge on any atom is 0.250 e. The van der Waals surface area contributed by atoms with Crippen molar-refractivity contribution in [2.24, 2.45) is 0 Å². The van der Waals surface area contributed by atoms with Gasteiger partial charge in [-0.2, -0.15) is 5.10 Å². The molecule has 15 heavy (non-hydrogen) atoms. The van der Waals surface area contributed by atoms with Crippen LogP contribution in [0.25, 0.3) is 0 Å². The number of thiophene rings is 1. The minimum absolute atomic E-state index is 0.222. The van der Waals surface area contributed by atoms with Crippen LogP contribution in [0.2, 0.25) is 0 Å². The van der Waals surface area contributed by atoms with Gasteiger partial charge in [-0.25, -0.2) is 13.1 Å². The Bertz CT molecular complexity index is 502. The number of sulfonamides is 1. The molecule has 0 amide bonds. The number of nitrogens with one attached hydrogen (secondary N) is 2. The lowest BCUT2D eigenvalue weighted by molar-refractivity contribution is 0.582. The largest absolute Gasteiger partial charge is 0.281 e. The van der Waals surface area contributed by atoms with E-state index >= 15 is 0 Å². The lowest BCUT2D eigenvalue weighted by Gasteiger charge is -2.02. The highest BCUT2D eigenvalue weighted by molar-refractivity contribution is 7.91. The smallest absolute Gasteiger partial charge is 0.250 e. The Kier molecular flexibility index (Phi) is 2.85. The molecule has 80 valence electrons. The first-order valence-corrected chi connectivity index (χ1v) is 6.56. The Morgan fingerprint density at radius 3 is 2.93 bits per heavy atom. The van der Waals surface area contributed by atoms with Gasteiger partial charge < -0.3 is 0 Å². The van der Waals surface area contributed by atoms with Gasteiger partial charge in [0.2, 0.25) is 10.0 Å². The molecule has 0 bridgehead atoms. The third-order valence-corrected chi connectivity index (χ3v) is 4.57. The normalized spacial score (nSPS) is 11.7. The van der Waals surface area contributed by atoms with Gasteiger partial charge in [0.15, 0.2) is 0 Å². The van der Waals surface area contributed by atoms with E-state index in [1.807, 2.05) is 0 Å². The summed E-state index contributed by atoms with van der Waals surface area (Å²) < 4.78 is 26.1. The van der Waals surface area contributed by atoms with E-state index in [2.05, 4.69) is 14.9 Å².